The molecular formula is C11H14Cl2N2O. The van der Waals surface area contributed by atoms with Crippen molar-refractivity contribution in [1.29, 1.82) is 0 Å². The zero-order valence-electron chi connectivity index (χ0n) is 8.79. The van der Waals surface area contributed by atoms with Crippen molar-refractivity contribution in [3.8, 4) is 0 Å². The summed E-state index contributed by atoms with van der Waals surface area (Å²) in [6.45, 7) is 1.38. The van der Waals surface area contributed by atoms with Gasteiger partial charge in [-0.05, 0) is 18.6 Å². The molecule has 3 N–H and O–H groups in total. The highest BCUT2D eigenvalue weighted by molar-refractivity contribution is 6.43. The molecule has 0 radical (unpaired) electrons. The third kappa shape index (κ3) is 2.13. The van der Waals surface area contributed by atoms with Gasteiger partial charge in [0.15, 0.2) is 0 Å². The zero-order chi connectivity index (χ0) is 11.8. The standard InChI is InChI=1S/C11H14Cl2N2O/c12-8-2-1-3-9(10(8)13)15-5-4-11(14,6-15)7-16/h1-3,16H,4-7,14H2. The van der Waals surface area contributed by atoms with E-state index in [1.54, 1.807) is 6.07 Å². The van der Waals surface area contributed by atoms with Crippen molar-refractivity contribution in [3.05, 3.63) is 28.2 Å². The number of halogens is 2. The molecule has 1 heterocycles. The Morgan fingerprint density at radius 1 is 1.44 bits per heavy atom. The Morgan fingerprint density at radius 3 is 2.81 bits per heavy atom. The molecule has 1 unspecified atom stereocenters. The molecule has 0 aromatic heterocycles. The van der Waals surface area contributed by atoms with Gasteiger partial charge in [0.1, 0.15) is 0 Å². The smallest absolute Gasteiger partial charge is 0.0825 e. The lowest BCUT2D eigenvalue weighted by Crippen LogP contribution is -2.46. The monoisotopic (exact) mass is 260 g/mol. The number of anilines is 1. The van der Waals surface area contributed by atoms with Gasteiger partial charge < -0.3 is 15.7 Å². The number of aliphatic hydroxyl groups is 1. The zero-order valence-corrected chi connectivity index (χ0v) is 10.3. The number of hydrogen-bond acceptors (Lipinski definition) is 3. The Labute approximate surface area is 105 Å². The predicted molar refractivity (Wildman–Crippen MR) is 67.3 cm³/mol. The van der Waals surface area contributed by atoms with Gasteiger partial charge in [-0.3, -0.25) is 0 Å². The predicted octanol–water partition coefficient (Wildman–Crippen LogP) is 1.89. The normalized spacial score (nSPS) is 25.1. The number of aliphatic hydroxyl groups excluding tert-OH is 1. The first-order valence-electron chi connectivity index (χ1n) is 5.14. The van der Waals surface area contributed by atoms with Crippen molar-refractivity contribution >= 4 is 28.9 Å². The molecule has 16 heavy (non-hydrogen) atoms. The first-order chi connectivity index (χ1) is 7.56. The number of benzene rings is 1. The van der Waals surface area contributed by atoms with E-state index in [1.165, 1.54) is 0 Å². The summed E-state index contributed by atoms with van der Waals surface area (Å²) in [4.78, 5) is 2.06. The Balaban J connectivity index is 2.24. The molecule has 1 aliphatic rings. The van der Waals surface area contributed by atoms with Gasteiger partial charge in [0.25, 0.3) is 0 Å². The molecule has 5 heteroatoms. The molecule has 1 aromatic rings. The van der Waals surface area contributed by atoms with Gasteiger partial charge in [-0.1, -0.05) is 29.3 Å². The van der Waals surface area contributed by atoms with E-state index in [0.717, 1.165) is 18.7 Å². The Morgan fingerprint density at radius 2 is 2.19 bits per heavy atom. The van der Waals surface area contributed by atoms with E-state index in [0.29, 0.717) is 16.6 Å². The van der Waals surface area contributed by atoms with E-state index in [-0.39, 0.29) is 6.61 Å². The average Bonchev–Trinajstić information content (AvgIpc) is 2.66. The summed E-state index contributed by atoms with van der Waals surface area (Å²) in [6.07, 6.45) is 0.756. The summed E-state index contributed by atoms with van der Waals surface area (Å²) in [7, 11) is 0. The Kier molecular flexibility index (Phi) is 3.31. The molecule has 0 spiro atoms. The molecule has 1 aromatic carbocycles. The highest BCUT2D eigenvalue weighted by Crippen LogP contribution is 2.35. The maximum absolute atomic E-state index is 9.20. The van der Waals surface area contributed by atoms with Crippen LogP contribution < -0.4 is 10.6 Å². The van der Waals surface area contributed by atoms with Crippen LogP contribution in [-0.4, -0.2) is 30.3 Å². The third-order valence-electron chi connectivity index (χ3n) is 2.97. The summed E-state index contributed by atoms with van der Waals surface area (Å²) in [5.74, 6) is 0. The van der Waals surface area contributed by atoms with Crippen LogP contribution >= 0.6 is 23.2 Å². The molecule has 2 rings (SSSR count). The molecule has 1 fully saturated rings. The van der Waals surface area contributed by atoms with Gasteiger partial charge in [-0.25, -0.2) is 0 Å². The number of rotatable bonds is 2. The fourth-order valence-electron chi connectivity index (χ4n) is 1.97. The summed E-state index contributed by atoms with van der Waals surface area (Å²) in [5, 5.41) is 10.3. The molecule has 0 bridgehead atoms. The van der Waals surface area contributed by atoms with Crippen molar-refractivity contribution in [2.75, 3.05) is 24.6 Å². The fraction of sp³-hybridized carbons (Fsp3) is 0.455. The second-order valence-corrected chi connectivity index (χ2v) is 5.05. The van der Waals surface area contributed by atoms with Gasteiger partial charge in [-0.2, -0.15) is 0 Å². The van der Waals surface area contributed by atoms with Crippen LogP contribution in [0.3, 0.4) is 0 Å². The second-order valence-electron chi connectivity index (χ2n) is 4.26. The second kappa shape index (κ2) is 4.41. The van der Waals surface area contributed by atoms with E-state index in [1.807, 2.05) is 12.1 Å². The van der Waals surface area contributed by atoms with Gasteiger partial charge in [0.2, 0.25) is 0 Å². The quantitative estimate of drug-likeness (QED) is 0.854. The van der Waals surface area contributed by atoms with Crippen molar-refractivity contribution in [2.24, 2.45) is 5.73 Å². The lowest BCUT2D eigenvalue weighted by Gasteiger charge is -2.24. The lowest BCUT2D eigenvalue weighted by molar-refractivity contribution is 0.210. The van der Waals surface area contributed by atoms with E-state index >= 15 is 0 Å². The topological polar surface area (TPSA) is 49.5 Å². The van der Waals surface area contributed by atoms with Crippen molar-refractivity contribution < 1.29 is 5.11 Å². The largest absolute Gasteiger partial charge is 0.394 e. The molecule has 0 saturated carbocycles. The summed E-state index contributed by atoms with van der Waals surface area (Å²) < 4.78 is 0. The van der Waals surface area contributed by atoms with Gasteiger partial charge in [0, 0.05) is 13.1 Å². The third-order valence-corrected chi connectivity index (χ3v) is 3.78. The fourth-order valence-corrected chi connectivity index (χ4v) is 2.38. The van der Waals surface area contributed by atoms with E-state index < -0.39 is 5.54 Å². The minimum atomic E-state index is -0.522. The summed E-state index contributed by atoms with van der Waals surface area (Å²) >= 11 is 12.1. The number of nitrogens with two attached hydrogens (primary N) is 1. The Hall–Kier alpha value is -0.480. The summed E-state index contributed by atoms with van der Waals surface area (Å²) in [6, 6.07) is 5.53. The minimum Gasteiger partial charge on any atom is -0.394 e. The van der Waals surface area contributed by atoms with Gasteiger partial charge in [-0.15, -0.1) is 0 Å². The molecule has 0 aliphatic carbocycles. The first-order valence-corrected chi connectivity index (χ1v) is 5.90. The van der Waals surface area contributed by atoms with E-state index in [4.69, 9.17) is 28.9 Å². The van der Waals surface area contributed by atoms with Crippen molar-refractivity contribution in [2.45, 2.75) is 12.0 Å². The van der Waals surface area contributed by atoms with Crippen molar-refractivity contribution in [1.82, 2.24) is 0 Å². The minimum absolute atomic E-state index is 0.0122. The lowest BCUT2D eigenvalue weighted by atomic mass is 10.0. The van der Waals surface area contributed by atoms with Crippen molar-refractivity contribution in [3.63, 3.8) is 0 Å². The van der Waals surface area contributed by atoms with E-state index in [2.05, 4.69) is 4.90 Å². The molecule has 1 aliphatic heterocycles. The summed E-state index contributed by atoms with van der Waals surface area (Å²) in [5.41, 5.74) is 6.37. The maximum atomic E-state index is 9.20. The molecule has 88 valence electrons. The van der Waals surface area contributed by atoms with Crippen LogP contribution in [0.5, 0.6) is 0 Å². The van der Waals surface area contributed by atoms with Gasteiger partial charge >= 0.3 is 0 Å². The molecular weight excluding hydrogens is 247 g/mol. The molecule has 0 amide bonds. The SMILES string of the molecule is NC1(CO)CCN(c2cccc(Cl)c2Cl)C1. The van der Waals surface area contributed by atoms with Crippen LogP contribution in [0.4, 0.5) is 5.69 Å². The number of hydrogen-bond donors (Lipinski definition) is 2. The van der Waals surface area contributed by atoms with Crippen LogP contribution in [0.15, 0.2) is 18.2 Å². The first kappa shape index (κ1) is 12.0. The highest BCUT2D eigenvalue weighted by atomic mass is 35.5. The molecule has 1 atom stereocenters. The maximum Gasteiger partial charge on any atom is 0.0825 e. The average molecular weight is 261 g/mol. The van der Waals surface area contributed by atoms with Gasteiger partial charge in [0.05, 0.1) is 27.9 Å². The van der Waals surface area contributed by atoms with Crippen LogP contribution in [0, 0.1) is 0 Å². The number of nitrogens with zero attached hydrogens (tertiary/aromatic N) is 1. The van der Waals surface area contributed by atoms with E-state index in [9.17, 15) is 5.11 Å². The highest BCUT2D eigenvalue weighted by Gasteiger charge is 2.34. The van der Waals surface area contributed by atoms with Crippen LogP contribution in [0.25, 0.3) is 0 Å². The van der Waals surface area contributed by atoms with Crippen LogP contribution in [0.2, 0.25) is 10.0 Å². The Bertz CT molecular complexity index is 400. The van der Waals surface area contributed by atoms with Crippen LogP contribution in [-0.2, 0) is 0 Å². The molecule has 1 saturated heterocycles. The van der Waals surface area contributed by atoms with Crippen LogP contribution in [0.1, 0.15) is 6.42 Å². The molecule has 3 nitrogen and oxygen atoms in total.